The normalized spacial score (nSPS) is 30.5. The van der Waals surface area contributed by atoms with Crippen LogP contribution in [0.2, 0.25) is 0 Å². The predicted octanol–water partition coefficient (Wildman–Crippen LogP) is 5.01. The minimum atomic E-state index is -0.978. The number of Topliss-reactive ketones (excluding diaryl/α,β-unsaturated/α-hetero) is 4. The van der Waals surface area contributed by atoms with E-state index >= 15 is 0 Å². The van der Waals surface area contributed by atoms with E-state index in [1.54, 1.807) is 77.2 Å². The summed E-state index contributed by atoms with van der Waals surface area (Å²) < 4.78 is 10.9. The Balaban J connectivity index is 2.11. The van der Waals surface area contributed by atoms with Crippen LogP contribution in [0.5, 0.6) is 5.75 Å². The summed E-state index contributed by atoms with van der Waals surface area (Å²) in [7, 11) is 2.52. The zero-order valence-electron chi connectivity index (χ0n) is 30.9. The van der Waals surface area contributed by atoms with Crippen molar-refractivity contribution in [3.63, 3.8) is 0 Å². The number of nitrogens with one attached hydrogen (secondary N) is 1. The van der Waals surface area contributed by atoms with Crippen LogP contribution in [0.3, 0.4) is 0 Å². The predicted molar refractivity (Wildman–Crippen MR) is 197 cm³/mol. The van der Waals surface area contributed by atoms with Gasteiger partial charge in [0.25, 0.3) is 0 Å². The second-order valence-electron chi connectivity index (χ2n) is 13.2. The molecule has 0 saturated carbocycles. The number of benzene rings is 1. The van der Waals surface area contributed by atoms with E-state index in [1.807, 2.05) is 0 Å². The molecule has 11 heteroatoms. The van der Waals surface area contributed by atoms with Gasteiger partial charge in [0.05, 0.1) is 43.7 Å². The number of ether oxygens (including phenoxy) is 2. The van der Waals surface area contributed by atoms with Gasteiger partial charge in [-0.1, -0.05) is 75.5 Å². The van der Waals surface area contributed by atoms with Crippen molar-refractivity contribution in [2.75, 3.05) is 14.2 Å². The van der Waals surface area contributed by atoms with E-state index < -0.39 is 59.2 Å². The van der Waals surface area contributed by atoms with Crippen molar-refractivity contribution in [1.29, 1.82) is 0 Å². The van der Waals surface area contributed by atoms with Crippen LogP contribution >= 0.6 is 0 Å². The Morgan fingerprint density at radius 1 is 0.731 bits per heavy atom. The number of aliphatic hydroxyl groups excluding tert-OH is 3. The first kappa shape index (κ1) is 41.5. The Kier molecular flexibility index (Phi) is 14.7. The van der Waals surface area contributed by atoms with E-state index in [0.717, 1.165) is 6.08 Å². The monoisotopic (exact) mass is 715 g/mol. The maximum Gasteiger partial charge on any atom is 0.248 e. The highest BCUT2D eigenvalue weighted by atomic mass is 16.5. The zero-order valence-corrected chi connectivity index (χ0v) is 30.9. The van der Waals surface area contributed by atoms with Crippen molar-refractivity contribution in [2.45, 2.75) is 72.7 Å². The molecule has 0 spiro atoms. The van der Waals surface area contributed by atoms with Gasteiger partial charge in [-0.2, -0.15) is 0 Å². The molecule has 1 aromatic carbocycles. The molecule has 52 heavy (non-hydrogen) atoms. The average molecular weight is 716 g/mol. The Morgan fingerprint density at radius 2 is 1.40 bits per heavy atom. The van der Waals surface area contributed by atoms with E-state index in [2.05, 4.69) is 5.32 Å². The third-order valence-electron chi connectivity index (χ3n) is 9.17. The molecule has 2 heterocycles. The molecule has 3 aliphatic rings. The molecule has 4 rings (SSSR count). The summed E-state index contributed by atoms with van der Waals surface area (Å²) in [5.41, 5.74) is 0.126. The minimum Gasteiger partial charge on any atom is -0.496 e. The molecular formula is C41H49NO10. The lowest BCUT2D eigenvalue weighted by Crippen LogP contribution is -2.35. The number of hydrogen-bond acceptors (Lipinski definition) is 10. The number of aliphatic hydroxyl groups is 3. The molecule has 0 saturated heterocycles. The fourth-order valence-electron chi connectivity index (χ4n) is 5.96. The highest BCUT2D eigenvalue weighted by molar-refractivity contribution is 6.31. The number of ketones is 4. The number of fused-ring (bicyclic) bond motifs is 18. The van der Waals surface area contributed by atoms with Crippen LogP contribution in [0.4, 0.5) is 0 Å². The van der Waals surface area contributed by atoms with Crippen LogP contribution in [0.25, 0.3) is 0 Å². The van der Waals surface area contributed by atoms with Gasteiger partial charge in [-0.25, -0.2) is 0 Å². The maximum absolute atomic E-state index is 14.1. The molecule has 4 bridgehead atoms. The quantitative estimate of drug-likeness (QED) is 0.305. The first-order valence-corrected chi connectivity index (χ1v) is 17.1. The summed E-state index contributed by atoms with van der Waals surface area (Å²) in [5, 5.41) is 34.7. The van der Waals surface area contributed by atoms with Crippen molar-refractivity contribution < 1.29 is 48.8 Å². The summed E-state index contributed by atoms with van der Waals surface area (Å²) in [6, 6.07) is 1.43. The Morgan fingerprint density at radius 3 is 2.06 bits per heavy atom. The number of rotatable bonds is 2. The Hall–Kier alpha value is -4.97. The van der Waals surface area contributed by atoms with E-state index in [-0.39, 0.29) is 58.3 Å². The van der Waals surface area contributed by atoms with Crippen LogP contribution in [0.1, 0.15) is 84.1 Å². The van der Waals surface area contributed by atoms with Crippen molar-refractivity contribution in [3.05, 3.63) is 112 Å². The van der Waals surface area contributed by atoms with Gasteiger partial charge < -0.3 is 30.1 Å². The molecule has 2 aliphatic heterocycles. The highest BCUT2D eigenvalue weighted by Crippen LogP contribution is 2.37. The smallest absolute Gasteiger partial charge is 0.248 e. The van der Waals surface area contributed by atoms with Crippen LogP contribution < -0.4 is 10.1 Å². The number of aryl methyl sites for hydroxylation is 1. The fourth-order valence-corrected chi connectivity index (χ4v) is 5.96. The lowest BCUT2D eigenvalue weighted by Gasteiger charge is -2.25. The average Bonchev–Trinajstić information content (AvgIpc) is 3.11. The molecule has 6 atom stereocenters. The topological polar surface area (TPSA) is 177 Å². The standard InChI is InChI=1S/C41H49NO10/c1-22-13-11-9-10-12-14-32(46)42-35-38(49)29-20-27(6)40(51-7)34(33(29)39(50)41(35)52-8)37(48)26(5)19-25(4)36(47)24(3)16-18-28(43)17-15-23(2)31(45)21-30(22)44/h9-16,18-20,22,24-25,28,30,36,43-44,47H,17,21H2,1-8H3,(H,42,46)/b10-9-,13-11+,14-12-,18-16+,23-15+,26-19+/t22-,24-,25-,28-,30-,36-/m0/s1. The van der Waals surface area contributed by atoms with Gasteiger partial charge in [-0.05, 0) is 50.0 Å². The summed E-state index contributed by atoms with van der Waals surface area (Å²) in [6.07, 6.45) is 12.6. The van der Waals surface area contributed by atoms with Gasteiger partial charge in [-0.15, -0.1) is 0 Å². The highest BCUT2D eigenvalue weighted by Gasteiger charge is 2.39. The van der Waals surface area contributed by atoms with Gasteiger partial charge in [0.15, 0.2) is 17.3 Å². The first-order chi connectivity index (χ1) is 24.5. The molecule has 278 valence electrons. The lowest BCUT2D eigenvalue weighted by atomic mass is 9.82. The van der Waals surface area contributed by atoms with Crippen molar-refractivity contribution in [1.82, 2.24) is 5.32 Å². The molecule has 1 aliphatic carbocycles. The minimum absolute atomic E-state index is 0.0908. The summed E-state index contributed by atoms with van der Waals surface area (Å²) in [5.74, 6) is -4.87. The number of carbonyl (C=O) groups excluding carboxylic acids is 5. The van der Waals surface area contributed by atoms with Gasteiger partial charge in [0, 0.05) is 35.8 Å². The van der Waals surface area contributed by atoms with E-state index in [0.29, 0.717) is 11.1 Å². The first-order valence-electron chi connectivity index (χ1n) is 17.1. The van der Waals surface area contributed by atoms with Crippen LogP contribution in [-0.2, 0) is 14.3 Å². The molecule has 1 amide bonds. The third kappa shape index (κ3) is 9.87. The van der Waals surface area contributed by atoms with Gasteiger partial charge in [-0.3, -0.25) is 24.0 Å². The third-order valence-corrected chi connectivity index (χ3v) is 9.17. The largest absolute Gasteiger partial charge is 0.496 e. The second kappa shape index (κ2) is 18.5. The molecular weight excluding hydrogens is 666 g/mol. The van der Waals surface area contributed by atoms with E-state index in [9.17, 15) is 39.3 Å². The van der Waals surface area contributed by atoms with Crippen LogP contribution in [0, 0.1) is 24.7 Å². The van der Waals surface area contributed by atoms with Crippen molar-refractivity contribution in [3.8, 4) is 5.75 Å². The van der Waals surface area contributed by atoms with Crippen molar-refractivity contribution >= 4 is 29.0 Å². The molecule has 1 aromatic rings. The molecule has 0 aromatic heterocycles. The van der Waals surface area contributed by atoms with Crippen LogP contribution in [0.15, 0.2) is 89.4 Å². The Bertz CT molecular complexity index is 1800. The van der Waals surface area contributed by atoms with Gasteiger partial charge in [0.2, 0.25) is 17.5 Å². The molecule has 11 nitrogen and oxygen atoms in total. The zero-order chi connectivity index (χ0) is 38.9. The summed E-state index contributed by atoms with van der Waals surface area (Å²) in [6.45, 7) is 10.0. The summed E-state index contributed by atoms with van der Waals surface area (Å²) in [4.78, 5) is 67.5. The maximum atomic E-state index is 14.1. The van der Waals surface area contributed by atoms with Crippen molar-refractivity contribution in [2.24, 2.45) is 17.8 Å². The van der Waals surface area contributed by atoms with Gasteiger partial charge in [0.1, 0.15) is 11.4 Å². The van der Waals surface area contributed by atoms with Crippen LogP contribution in [-0.4, -0.2) is 76.9 Å². The SMILES string of the molecule is COC1=C2NC(=O)\C=C/C=C\C=C\[C@H](C)[C@@H](O)CC(=O)/C(C)=C/C[C@H](O)/C=C/[C@H](C)[C@H](O)[C@@H](C)/C=C(\C)C(=O)c3c(OC)c(C)cc(c3C1=O)C2=O. The van der Waals surface area contributed by atoms with E-state index in [1.165, 1.54) is 39.4 Å². The van der Waals surface area contributed by atoms with Gasteiger partial charge >= 0.3 is 0 Å². The second-order valence-corrected chi connectivity index (χ2v) is 13.2. The molecule has 0 unspecified atom stereocenters. The summed E-state index contributed by atoms with van der Waals surface area (Å²) >= 11 is 0. The van der Waals surface area contributed by atoms with E-state index in [4.69, 9.17) is 9.47 Å². The number of allylic oxidation sites excluding steroid dienone is 8. The number of amides is 1. The molecule has 0 radical (unpaired) electrons. The number of carbonyl (C=O) groups is 5. The fraction of sp³-hybridized carbons (Fsp3) is 0.390. The molecule has 4 N–H and O–H groups in total. The lowest BCUT2D eigenvalue weighted by molar-refractivity contribution is -0.118. The number of hydrogen-bond donors (Lipinski definition) is 4. The Labute approximate surface area is 304 Å². The molecule has 0 fully saturated rings. The number of methoxy groups -OCH3 is 2.